The van der Waals surface area contributed by atoms with Gasteiger partial charge in [0, 0.05) is 12.2 Å². The van der Waals surface area contributed by atoms with Crippen LogP contribution in [0.15, 0.2) is 18.2 Å². The van der Waals surface area contributed by atoms with E-state index in [0.717, 1.165) is 16.8 Å². The van der Waals surface area contributed by atoms with Crippen molar-refractivity contribution in [2.75, 3.05) is 18.5 Å². The van der Waals surface area contributed by atoms with Gasteiger partial charge in [-0.25, -0.2) is 4.57 Å². The Hall–Kier alpha value is -0.870. The Bertz CT molecular complexity index is 382. The van der Waals surface area contributed by atoms with Gasteiger partial charge in [0.2, 0.25) is 0 Å². The number of phosphoric acid groups is 1. The number of anilines is 1. The fourth-order valence-corrected chi connectivity index (χ4v) is 1.77. The van der Waals surface area contributed by atoms with E-state index in [4.69, 9.17) is 9.79 Å². The Morgan fingerprint density at radius 1 is 1.25 bits per heavy atom. The highest BCUT2D eigenvalue weighted by molar-refractivity contribution is 7.46. The van der Waals surface area contributed by atoms with Crippen LogP contribution in [-0.4, -0.2) is 22.9 Å². The molecule has 1 rings (SSSR count). The number of hydrogen-bond donors (Lipinski definition) is 3. The molecule has 0 aromatic heterocycles. The van der Waals surface area contributed by atoms with Gasteiger partial charge in [-0.15, -0.1) is 0 Å². The molecule has 0 fully saturated rings. The summed E-state index contributed by atoms with van der Waals surface area (Å²) in [6.45, 7) is 4.31. The number of benzene rings is 1. The lowest BCUT2D eigenvalue weighted by Gasteiger charge is -2.09. The zero-order valence-electron chi connectivity index (χ0n) is 9.30. The monoisotopic (exact) mass is 245 g/mol. The topological polar surface area (TPSA) is 78.8 Å². The Labute approximate surface area is 94.7 Å². The lowest BCUT2D eigenvalue weighted by molar-refractivity contribution is 0.204. The maximum atomic E-state index is 10.4. The first-order valence-electron chi connectivity index (χ1n) is 4.89. The van der Waals surface area contributed by atoms with Crippen molar-refractivity contribution in [2.45, 2.75) is 13.8 Å². The first-order valence-corrected chi connectivity index (χ1v) is 6.42. The number of rotatable bonds is 5. The quantitative estimate of drug-likeness (QED) is 0.544. The summed E-state index contributed by atoms with van der Waals surface area (Å²) < 4.78 is 14.7. The van der Waals surface area contributed by atoms with E-state index in [9.17, 15) is 4.57 Å². The highest BCUT2D eigenvalue weighted by atomic mass is 31.2. The Balaban J connectivity index is 2.40. The average molecular weight is 245 g/mol. The molecule has 0 atom stereocenters. The van der Waals surface area contributed by atoms with Crippen molar-refractivity contribution in [1.82, 2.24) is 0 Å². The fraction of sp³-hybridized carbons (Fsp3) is 0.400. The molecule has 0 saturated carbocycles. The molecule has 0 aliphatic rings. The molecule has 0 aliphatic carbocycles. The third-order valence-corrected chi connectivity index (χ3v) is 2.43. The molecule has 0 heterocycles. The van der Waals surface area contributed by atoms with Crippen molar-refractivity contribution in [2.24, 2.45) is 0 Å². The number of hydrogen-bond acceptors (Lipinski definition) is 3. The van der Waals surface area contributed by atoms with E-state index in [0.29, 0.717) is 6.54 Å². The van der Waals surface area contributed by atoms with Crippen LogP contribution in [0.5, 0.6) is 0 Å². The van der Waals surface area contributed by atoms with Crippen LogP contribution in [0.25, 0.3) is 0 Å². The summed E-state index contributed by atoms with van der Waals surface area (Å²) in [4.78, 5) is 16.9. The molecule has 0 bridgehead atoms. The van der Waals surface area contributed by atoms with E-state index < -0.39 is 7.82 Å². The van der Waals surface area contributed by atoms with E-state index in [1.807, 2.05) is 26.0 Å². The van der Waals surface area contributed by atoms with Gasteiger partial charge in [-0.05, 0) is 37.1 Å². The molecule has 1 aromatic rings. The molecular formula is C10H16NO4P. The third kappa shape index (κ3) is 5.28. The van der Waals surface area contributed by atoms with Crippen LogP contribution in [0.3, 0.4) is 0 Å². The van der Waals surface area contributed by atoms with Crippen LogP contribution in [0.1, 0.15) is 11.1 Å². The predicted octanol–water partition coefficient (Wildman–Crippen LogP) is 1.82. The Kier molecular flexibility index (Phi) is 4.50. The lowest BCUT2D eigenvalue weighted by Crippen LogP contribution is -2.08. The van der Waals surface area contributed by atoms with E-state index in [1.165, 1.54) is 0 Å². The van der Waals surface area contributed by atoms with Crippen LogP contribution in [0, 0.1) is 13.8 Å². The molecule has 0 spiro atoms. The summed E-state index contributed by atoms with van der Waals surface area (Å²) in [6, 6.07) is 5.98. The molecule has 90 valence electrons. The van der Waals surface area contributed by atoms with Gasteiger partial charge in [0.25, 0.3) is 0 Å². The highest BCUT2D eigenvalue weighted by Gasteiger charge is 2.12. The zero-order chi connectivity index (χ0) is 12.2. The van der Waals surface area contributed by atoms with Crippen molar-refractivity contribution in [3.8, 4) is 0 Å². The maximum absolute atomic E-state index is 10.4. The Morgan fingerprint density at radius 2 is 1.81 bits per heavy atom. The second-order valence-electron chi connectivity index (χ2n) is 3.63. The average Bonchev–Trinajstić information content (AvgIpc) is 2.09. The molecular weight excluding hydrogens is 229 g/mol. The lowest BCUT2D eigenvalue weighted by atomic mass is 10.1. The first kappa shape index (κ1) is 13.2. The normalized spacial score (nSPS) is 11.5. The summed E-state index contributed by atoms with van der Waals surface area (Å²) in [5.41, 5.74) is 3.20. The molecule has 3 N–H and O–H groups in total. The summed E-state index contributed by atoms with van der Waals surface area (Å²) in [5.74, 6) is 0. The molecule has 0 saturated heterocycles. The van der Waals surface area contributed by atoms with Gasteiger partial charge in [0.15, 0.2) is 0 Å². The van der Waals surface area contributed by atoms with Gasteiger partial charge in [-0.2, -0.15) is 0 Å². The van der Waals surface area contributed by atoms with Crippen LogP contribution in [0.4, 0.5) is 5.69 Å². The summed E-state index contributed by atoms with van der Waals surface area (Å²) in [7, 11) is -4.35. The van der Waals surface area contributed by atoms with Crippen molar-refractivity contribution < 1.29 is 18.9 Å². The minimum atomic E-state index is -4.35. The van der Waals surface area contributed by atoms with E-state index in [-0.39, 0.29) is 6.61 Å². The number of aryl methyl sites for hydroxylation is 2. The largest absolute Gasteiger partial charge is 0.469 e. The van der Waals surface area contributed by atoms with Crippen LogP contribution < -0.4 is 5.32 Å². The fourth-order valence-electron chi connectivity index (χ4n) is 1.44. The zero-order valence-corrected chi connectivity index (χ0v) is 10.2. The minimum Gasteiger partial charge on any atom is -0.383 e. The molecule has 0 aliphatic heterocycles. The molecule has 0 amide bonds. The second-order valence-corrected chi connectivity index (χ2v) is 4.87. The molecule has 16 heavy (non-hydrogen) atoms. The predicted molar refractivity (Wildman–Crippen MR) is 62.4 cm³/mol. The summed E-state index contributed by atoms with van der Waals surface area (Å²) in [5, 5.41) is 3.03. The highest BCUT2D eigenvalue weighted by Crippen LogP contribution is 2.35. The molecule has 1 aromatic carbocycles. The van der Waals surface area contributed by atoms with Crippen LogP contribution in [-0.2, 0) is 9.09 Å². The SMILES string of the molecule is Cc1cc(C)cc(NCCOP(=O)(O)O)c1. The Morgan fingerprint density at radius 3 is 2.31 bits per heavy atom. The van der Waals surface area contributed by atoms with E-state index in [1.54, 1.807) is 0 Å². The van der Waals surface area contributed by atoms with Crippen molar-refractivity contribution in [3.63, 3.8) is 0 Å². The van der Waals surface area contributed by atoms with Crippen molar-refractivity contribution >= 4 is 13.5 Å². The van der Waals surface area contributed by atoms with Crippen LogP contribution >= 0.6 is 7.82 Å². The maximum Gasteiger partial charge on any atom is 0.469 e. The van der Waals surface area contributed by atoms with Gasteiger partial charge in [0.05, 0.1) is 6.61 Å². The van der Waals surface area contributed by atoms with Crippen LogP contribution in [0.2, 0.25) is 0 Å². The summed E-state index contributed by atoms with van der Waals surface area (Å²) in [6.07, 6.45) is 0. The second kappa shape index (κ2) is 5.46. The summed E-state index contributed by atoms with van der Waals surface area (Å²) >= 11 is 0. The number of nitrogens with one attached hydrogen (secondary N) is 1. The van der Waals surface area contributed by atoms with Gasteiger partial charge < -0.3 is 15.1 Å². The minimum absolute atomic E-state index is 0.0305. The molecule has 5 nitrogen and oxygen atoms in total. The third-order valence-electron chi connectivity index (χ3n) is 1.91. The molecule has 0 radical (unpaired) electrons. The van der Waals surface area contributed by atoms with Crippen molar-refractivity contribution in [1.29, 1.82) is 0 Å². The molecule has 0 unspecified atom stereocenters. The van der Waals surface area contributed by atoms with Gasteiger partial charge in [0.1, 0.15) is 0 Å². The van der Waals surface area contributed by atoms with Crippen molar-refractivity contribution in [3.05, 3.63) is 29.3 Å². The number of phosphoric ester groups is 1. The standard InChI is InChI=1S/C10H16NO4P/c1-8-5-9(2)7-10(6-8)11-3-4-15-16(12,13)14/h5-7,11H,3-4H2,1-2H3,(H2,12,13,14). The first-order chi connectivity index (χ1) is 7.37. The smallest absolute Gasteiger partial charge is 0.383 e. The van der Waals surface area contributed by atoms with Gasteiger partial charge in [-0.3, -0.25) is 4.52 Å². The van der Waals surface area contributed by atoms with Gasteiger partial charge >= 0.3 is 7.82 Å². The van der Waals surface area contributed by atoms with Gasteiger partial charge in [-0.1, -0.05) is 6.07 Å². The van der Waals surface area contributed by atoms with E-state index >= 15 is 0 Å². The molecule has 6 heteroatoms. The van der Waals surface area contributed by atoms with E-state index in [2.05, 4.69) is 15.9 Å².